The van der Waals surface area contributed by atoms with Crippen LogP contribution in [0.5, 0.6) is 11.5 Å². The van der Waals surface area contributed by atoms with E-state index < -0.39 is 0 Å². The highest BCUT2D eigenvalue weighted by molar-refractivity contribution is 6.10. The molecule has 2 aromatic carbocycles. The molecule has 0 N–H and O–H groups in total. The van der Waals surface area contributed by atoms with Gasteiger partial charge in [-0.05, 0) is 39.8 Å². The number of ether oxygens (including phenoxy) is 1. The zero-order valence-corrected chi connectivity index (χ0v) is 14.5. The summed E-state index contributed by atoms with van der Waals surface area (Å²) in [5.41, 5.74) is 0.796. The van der Waals surface area contributed by atoms with Gasteiger partial charge >= 0.3 is 0 Å². The standard InChI is InChI=1S/C20H18O5/c1-11(21)15-7-5-9-17(19(15)13(3)23)25-18-10-6-8-16(12(2)22)20(18)14(4)24/h5-10H,1-4H3. The number of carbonyl (C=O) groups excluding carboxylic acids is 4. The predicted molar refractivity (Wildman–Crippen MR) is 93.0 cm³/mol. The highest BCUT2D eigenvalue weighted by Crippen LogP contribution is 2.32. The lowest BCUT2D eigenvalue weighted by molar-refractivity contribution is 0.0976. The first-order valence-electron chi connectivity index (χ1n) is 7.71. The molecule has 128 valence electrons. The van der Waals surface area contributed by atoms with E-state index in [0.717, 1.165) is 0 Å². The van der Waals surface area contributed by atoms with Crippen molar-refractivity contribution in [2.75, 3.05) is 0 Å². The Bertz CT molecular complexity index is 819. The van der Waals surface area contributed by atoms with Crippen LogP contribution in [-0.4, -0.2) is 23.1 Å². The van der Waals surface area contributed by atoms with Crippen LogP contribution >= 0.6 is 0 Å². The molecule has 0 amide bonds. The average Bonchev–Trinajstić information content (AvgIpc) is 2.53. The smallest absolute Gasteiger partial charge is 0.164 e. The Balaban J connectivity index is 2.66. The van der Waals surface area contributed by atoms with Gasteiger partial charge in [0.1, 0.15) is 11.5 Å². The predicted octanol–water partition coefficient (Wildman–Crippen LogP) is 4.29. The van der Waals surface area contributed by atoms with Crippen LogP contribution in [0.4, 0.5) is 0 Å². The summed E-state index contributed by atoms with van der Waals surface area (Å²) in [5, 5.41) is 0. The molecule has 0 bridgehead atoms. The molecule has 0 aromatic heterocycles. The van der Waals surface area contributed by atoms with Gasteiger partial charge in [0.15, 0.2) is 23.1 Å². The lowest BCUT2D eigenvalue weighted by Gasteiger charge is -2.15. The molecule has 0 unspecified atom stereocenters. The third-order valence-electron chi connectivity index (χ3n) is 3.74. The van der Waals surface area contributed by atoms with Gasteiger partial charge in [0, 0.05) is 11.1 Å². The van der Waals surface area contributed by atoms with Crippen LogP contribution in [-0.2, 0) is 0 Å². The van der Waals surface area contributed by atoms with Crippen molar-refractivity contribution in [1.82, 2.24) is 0 Å². The van der Waals surface area contributed by atoms with Gasteiger partial charge in [-0.25, -0.2) is 0 Å². The van der Waals surface area contributed by atoms with Gasteiger partial charge in [-0.1, -0.05) is 24.3 Å². The molecule has 0 radical (unpaired) electrons. The topological polar surface area (TPSA) is 77.5 Å². The van der Waals surface area contributed by atoms with Crippen LogP contribution in [0.1, 0.15) is 69.1 Å². The minimum absolute atomic E-state index is 0.151. The summed E-state index contributed by atoms with van der Waals surface area (Å²) >= 11 is 0. The molecule has 2 aromatic rings. The quantitative estimate of drug-likeness (QED) is 0.734. The molecule has 0 atom stereocenters. The molecule has 0 spiro atoms. The van der Waals surface area contributed by atoms with Gasteiger partial charge < -0.3 is 4.74 Å². The van der Waals surface area contributed by atoms with E-state index in [4.69, 9.17) is 4.74 Å². The van der Waals surface area contributed by atoms with Crippen molar-refractivity contribution in [2.45, 2.75) is 27.7 Å². The second kappa shape index (κ2) is 7.21. The largest absolute Gasteiger partial charge is 0.456 e. The molecule has 2 rings (SSSR count). The number of hydrogen-bond acceptors (Lipinski definition) is 5. The molecule has 5 heteroatoms. The molecule has 0 aliphatic rings. The number of ketones is 4. The van der Waals surface area contributed by atoms with Gasteiger partial charge in [-0.3, -0.25) is 19.2 Å². The highest BCUT2D eigenvalue weighted by atomic mass is 16.5. The van der Waals surface area contributed by atoms with Crippen molar-refractivity contribution in [2.24, 2.45) is 0 Å². The van der Waals surface area contributed by atoms with Gasteiger partial charge in [0.05, 0.1) is 11.1 Å². The first-order chi connectivity index (χ1) is 11.7. The lowest BCUT2D eigenvalue weighted by atomic mass is 9.99. The number of Topliss-reactive ketones (excluding diaryl/α,β-unsaturated/α-hetero) is 4. The lowest BCUT2D eigenvalue weighted by Crippen LogP contribution is -2.09. The van der Waals surface area contributed by atoms with Crippen molar-refractivity contribution < 1.29 is 23.9 Å². The zero-order valence-electron chi connectivity index (χ0n) is 14.5. The Morgan fingerprint density at radius 2 is 0.960 bits per heavy atom. The molecule has 0 heterocycles. The third kappa shape index (κ3) is 3.71. The summed E-state index contributed by atoms with van der Waals surface area (Å²) in [5.74, 6) is -0.840. The fraction of sp³-hybridized carbons (Fsp3) is 0.200. The van der Waals surface area contributed by atoms with Gasteiger partial charge in [0.2, 0.25) is 0 Å². The van der Waals surface area contributed by atoms with Crippen LogP contribution < -0.4 is 4.74 Å². The SMILES string of the molecule is CC(=O)c1cccc(Oc2cccc(C(C)=O)c2C(C)=O)c1C(C)=O. The monoisotopic (exact) mass is 338 g/mol. The second-order valence-corrected chi connectivity index (χ2v) is 5.68. The van der Waals surface area contributed by atoms with E-state index in [-0.39, 0.29) is 56.9 Å². The third-order valence-corrected chi connectivity index (χ3v) is 3.74. The van der Waals surface area contributed by atoms with E-state index in [9.17, 15) is 19.2 Å². The number of benzene rings is 2. The molecule has 0 saturated heterocycles. The summed E-state index contributed by atoms with van der Waals surface area (Å²) in [6.07, 6.45) is 0. The Hall–Kier alpha value is -3.08. The van der Waals surface area contributed by atoms with Crippen molar-refractivity contribution in [3.63, 3.8) is 0 Å². The second-order valence-electron chi connectivity index (χ2n) is 5.68. The van der Waals surface area contributed by atoms with Crippen molar-refractivity contribution in [3.8, 4) is 11.5 Å². The van der Waals surface area contributed by atoms with E-state index in [0.29, 0.717) is 0 Å². The Morgan fingerprint density at radius 1 is 0.600 bits per heavy atom. The fourth-order valence-electron chi connectivity index (χ4n) is 2.66. The van der Waals surface area contributed by atoms with Crippen molar-refractivity contribution in [3.05, 3.63) is 58.7 Å². The molecule has 0 aliphatic carbocycles. The van der Waals surface area contributed by atoms with Gasteiger partial charge in [-0.2, -0.15) is 0 Å². The Morgan fingerprint density at radius 3 is 1.24 bits per heavy atom. The number of rotatable bonds is 6. The minimum Gasteiger partial charge on any atom is -0.456 e. The summed E-state index contributed by atoms with van der Waals surface area (Å²) in [6.45, 7) is 5.41. The molecule has 0 aliphatic heterocycles. The van der Waals surface area contributed by atoms with E-state index >= 15 is 0 Å². The summed E-state index contributed by atoms with van der Waals surface area (Å²) in [7, 11) is 0. The van der Waals surface area contributed by atoms with Crippen LogP contribution in [0.25, 0.3) is 0 Å². The normalized spacial score (nSPS) is 10.2. The first kappa shape index (κ1) is 18.3. The zero-order chi connectivity index (χ0) is 18.7. The maximum atomic E-state index is 12.0. The minimum atomic E-state index is -0.326. The summed E-state index contributed by atoms with van der Waals surface area (Å²) in [6, 6.07) is 9.39. The van der Waals surface area contributed by atoms with E-state index in [1.165, 1.54) is 27.7 Å². The van der Waals surface area contributed by atoms with Gasteiger partial charge in [-0.15, -0.1) is 0 Å². The van der Waals surface area contributed by atoms with E-state index in [2.05, 4.69) is 0 Å². The molecule has 0 fully saturated rings. The molecular weight excluding hydrogens is 320 g/mol. The molecular formula is C20H18O5. The van der Waals surface area contributed by atoms with E-state index in [1.807, 2.05) is 0 Å². The molecule has 25 heavy (non-hydrogen) atoms. The van der Waals surface area contributed by atoms with Crippen LogP contribution in [0.2, 0.25) is 0 Å². The highest BCUT2D eigenvalue weighted by Gasteiger charge is 2.21. The molecule has 5 nitrogen and oxygen atoms in total. The van der Waals surface area contributed by atoms with Gasteiger partial charge in [0.25, 0.3) is 0 Å². The van der Waals surface area contributed by atoms with Crippen LogP contribution in [0, 0.1) is 0 Å². The van der Waals surface area contributed by atoms with Crippen molar-refractivity contribution in [1.29, 1.82) is 0 Å². The first-order valence-corrected chi connectivity index (χ1v) is 7.71. The Kier molecular flexibility index (Phi) is 5.27. The van der Waals surface area contributed by atoms with Crippen LogP contribution in [0.3, 0.4) is 0 Å². The van der Waals surface area contributed by atoms with Crippen molar-refractivity contribution >= 4 is 23.1 Å². The Labute approximate surface area is 145 Å². The maximum Gasteiger partial charge on any atom is 0.164 e. The summed E-state index contributed by atoms with van der Waals surface area (Å²) < 4.78 is 5.80. The average molecular weight is 338 g/mol. The molecule has 0 saturated carbocycles. The number of carbonyl (C=O) groups is 4. The van der Waals surface area contributed by atoms with E-state index in [1.54, 1.807) is 36.4 Å². The maximum absolute atomic E-state index is 12.0. The fourth-order valence-corrected chi connectivity index (χ4v) is 2.66. The number of hydrogen-bond donors (Lipinski definition) is 0. The van der Waals surface area contributed by atoms with Crippen LogP contribution in [0.15, 0.2) is 36.4 Å². The summed E-state index contributed by atoms with van der Waals surface area (Å²) in [4.78, 5) is 47.6.